The predicted octanol–water partition coefficient (Wildman–Crippen LogP) is 5.01. The summed E-state index contributed by atoms with van der Waals surface area (Å²) in [6.45, 7) is 0. The SMILES string of the molecule is O=C(Cc1cccs1)N[C@@H]1C(=O)N2C(C(=O)OC(c3ccccc3)c3ccccc3)C(C(O)c3ccccc3)=CS[C@@H]12. The zero-order valence-electron chi connectivity index (χ0n) is 22.4. The summed E-state index contributed by atoms with van der Waals surface area (Å²) < 4.78 is 6.19. The van der Waals surface area contributed by atoms with Gasteiger partial charge in [-0.15, -0.1) is 23.1 Å². The van der Waals surface area contributed by atoms with Gasteiger partial charge in [-0.1, -0.05) is 97.1 Å². The molecule has 3 aromatic carbocycles. The highest BCUT2D eigenvalue weighted by molar-refractivity contribution is 8.03. The number of hydrogen-bond acceptors (Lipinski definition) is 7. The van der Waals surface area contributed by atoms with Gasteiger partial charge in [-0.25, -0.2) is 4.79 Å². The van der Waals surface area contributed by atoms with Crippen LogP contribution in [0, 0.1) is 0 Å². The molecule has 0 spiro atoms. The highest BCUT2D eigenvalue weighted by Gasteiger charge is 2.57. The summed E-state index contributed by atoms with van der Waals surface area (Å²) in [5.74, 6) is -1.31. The number of thioether (sulfide) groups is 1. The third-order valence-corrected chi connectivity index (χ3v) is 9.40. The molecule has 1 aromatic heterocycles. The number of esters is 1. The molecule has 6 rings (SSSR count). The van der Waals surface area contributed by atoms with Crippen molar-refractivity contribution in [3.05, 3.63) is 141 Å². The first-order valence-corrected chi connectivity index (χ1v) is 15.4. The number of carbonyl (C=O) groups is 3. The number of fused-ring (bicyclic) bond motifs is 1. The fourth-order valence-corrected chi connectivity index (χ4v) is 7.22. The van der Waals surface area contributed by atoms with Crippen molar-refractivity contribution in [1.82, 2.24) is 10.2 Å². The maximum absolute atomic E-state index is 14.1. The van der Waals surface area contributed by atoms with Crippen LogP contribution in [0.25, 0.3) is 0 Å². The topological polar surface area (TPSA) is 95.9 Å². The van der Waals surface area contributed by atoms with E-state index in [0.29, 0.717) is 11.1 Å². The van der Waals surface area contributed by atoms with Crippen LogP contribution in [0.3, 0.4) is 0 Å². The van der Waals surface area contributed by atoms with Gasteiger partial charge in [0.05, 0.1) is 6.42 Å². The molecule has 212 valence electrons. The van der Waals surface area contributed by atoms with Crippen LogP contribution >= 0.6 is 23.1 Å². The number of aliphatic hydroxyl groups excluding tert-OH is 1. The van der Waals surface area contributed by atoms with Gasteiger partial charge in [-0.2, -0.15) is 0 Å². The van der Waals surface area contributed by atoms with Crippen LogP contribution in [0.15, 0.2) is 119 Å². The van der Waals surface area contributed by atoms with Crippen molar-refractivity contribution in [2.75, 3.05) is 0 Å². The number of benzene rings is 3. The molecular formula is C33H28N2O5S2. The van der Waals surface area contributed by atoms with Gasteiger partial charge in [0.15, 0.2) is 12.1 Å². The summed E-state index contributed by atoms with van der Waals surface area (Å²) in [5.41, 5.74) is 2.50. The molecular weight excluding hydrogens is 569 g/mol. The normalized spacial score (nSPS) is 20.2. The second-order valence-corrected chi connectivity index (χ2v) is 12.1. The van der Waals surface area contributed by atoms with Crippen molar-refractivity contribution in [2.24, 2.45) is 0 Å². The molecule has 2 aliphatic rings. The Morgan fingerprint density at radius 2 is 1.45 bits per heavy atom. The first-order valence-electron chi connectivity index (χ1n) is 13.5. The summed E-state index contributed by atoms with van der Waals surface area (Å²) in [4.78, 5) is 42.7. The minimum absolute atomic E-state index is 0.175. The molecule has 1 fully saturated rings. The van der Waals surface area contributed by atoms with Crippen molar-refractivity contribution >= 4 is 40.9 Å². The number of amides is 2. The van der Waals surface area contributed by atoms with Gasteiger partial charge in [0, 0.05) is 10.5 Å². The highest BCUT2D eigenvalue weighted by Crippen LogP contribution is 2.44. The molecule has 2 aliphatic heterocycles. The van der Waals surface area contributed by atoms with Gasteiger partial charge < -0.3 is 20.1 Å². The van der Waals surface area contributed by atoms with Crippen LogP contribution in [-0.2, 0) is 25.5 Å². The van der Waals surface area contributed by atoms with Crippen molar-refractivity contribution in [2.45, 2.75) is 36.1 Å². The van der Waals surface area contributed by atoms with E-state index in [-0.39, 0.29) is 12.3 Å². The van der Waals surface area contributed by atoms with E-state index in [1.54, 1.807) is 29.7 Å². The average Bonchev–Trinajstić information content (AvgIpc) is 3.55. The Bertz CT molecular complexity index is 1540. The van der Waals surface area contributed by atoms with E-state index in [1.165, 1.54) is 28.0 Å². The molecule has 4 atom stereocenters. The molecule has 42 heavy (non-hydrogen) atoms. The number of ether oxygens (including phenoxy) is 1. The quantitative estimate of drug-likeness (QED) is 0.208. The van der Waals surface area contributed by atoms with Crippen molar-refractivity contribution < 1.29 is 24.2 Å². The third-order valence-electron chi connectivity index (χ3n) is 7.34. The van der Waals surface area contributed by atoms with Crippen molar-refractivity contribution in [3.8, 4) is 0 Å². The van der Waals surface area contributed by atoms with Gasteiger partial charge in [0.2, 0.25) is 11.8 Å². The van der Waals surface area contributed by atoms with E-state index < -0.39 is 41.5 Å². The Morgan fingerprint density at radius 1 is 0.857 bits per heavy atom. The highest BCUT2D eigenvalue weighted by atomic mass is 32.2. The number of hydrogen-bond donors (Lipinski definition) is 2. The second kappa shape index (κ2) is 12.4. The van der Waals surface area contributed by atoms with Crippen molar-refractivity contribution in [1.29, 1.82) is 0 Å². The summed E-state index contributed by atoms with van der Waals surface area (Å²) in [7, 11) is 0. The second-order valence-electron chi connectivity index (χ2n) is 10.0. The minimum Gasteiger partial charge on any atom is -0.451 e. The number of β-lactam (4-membered cyclic amide) rings is 1. The molecule has 3 heterocycles. The molecule has 0 aliphatic carbocycles. The molecule has 2 unspecified atom stereocenters. The standard InChI is InChI=1S/C33H28N2O5S2/c36-26(19-24-17-10-18-41-24)34-27-31(38)35-28(25(20-42-32(27)35)29(37)21-11-4-1-5-12-21)33(39)40-30(22-13-6-2-7-14-22)23-15-8-3-9-16-23/h1-18,20,27-30,32,37H,19H2,(H,34,36)/t27-,28?,29?,32+/m1/s1. The fourth-order valence-electron chi connectivity index (χ4n) is 5.26. The van der Waals surface area contributed by atoms with E-state index in [0.717, 1.165) is 16.0 Å². The molecule has 0 radical (unpaired) electrons. The lowest BCUT2D eigenvalue weighted by Crippen LogP contribution is -2.74. The summed E-state index contributed by atoms with van der Waals surface area (Å²) in [6, 6.07) is 29.6. The Morgan fingerprint density at radius 3 is 2.02 bits per heavy atom. The van der Waals surface area contributed by atoms with Gasteiger partial charge in [0.1, 0.15) is 17.5 Å². The first kappa shape index (κ1) is 28.0. The van der Waals surface area contributed by atoms with E-state index in [9.17, 15) is 19.5 Å². The van der Waals surface area contributed by atoms with Crippen molar-refractivity contribution in [3.63, 3.8) is 0 Å². The van der Waals surface area contributed by atoms with Gasteiger partial charge in [-0.3, -0.25) is 9.59 Å². The maximum atomic E-state index is 14.1. The van der Waals surface area contributed by atoms with Crippen LogP contribution in [-0.4, -0.2) is 45.2 Å². The lowest BCUT2D eigenvalue weighted by molar-refractivity contribution is -0.166. The van der Waals surface area contributed by atoms with Gasteiger partial charge in [0.25, 0.3) is 0 Å². The van der Waals surface area contributed by atoms with Crippen LogP contribution in [0.4, 0.5) is 0 Å². The first-order chi connectivity index (χ1) is 20.5. The molecule has 1 saturated heterocycles. The zero-order chi connectivity index (χ0) is 29.1. The molecule has 4 aromatic rings. The Kier molecular flexibility index (Phi) is 8.23. The number of nitrogens with one attached hydrogen (secondary N) is 1. The van der Waals surface area contributed by atoms with Gasteiger partial charge >= 0.3 is 5.97 Å². The molecule has 2 N–H and O–H groups in total. The van der Waals surface area contributed by atoms with Gasteiger partial charge in [-0.05, 0) is 33.5 Å². The van der Waals surface area contributed by atoms with Crippen LogP contribution in [0.5, 0.6) is 0 Å². The molecule has 9 heteroatoms. The number of aliphatic hydroxyl groups is 1. The smallest absolute Gasteiger partial charge is 0.334 e. The molecule has 0 saturated carbocycles. The fraction of sp³-hybridized carbons (Fsp3) is 0.182. The Labute approximate surface area is 251 Å². The number of rotatable bonds is 9. The van der Waals surface area contributed by atoms with Crippen LogP contribution < -0.4 is 5.32 Å². The zero-order valence-corrected chi connectivity index (χ0v) is 24.0. The molecule has 2 amide bonds. The Hall–Kier alpha value is -4.18. The Balaban J connectivity index is 1.30. The van der Waals surface area contributed by atoms with E-state index in [2.05, 4.69) is 5.32 Å². The number of carbonyl (C=O) groups excluding carboxylic acids is 3. The van der Waals surface area contributed by atoms with Crippen LogP contribution in [0.1, 0.15) is 33.8 Å². The summed E-state index contributed by atoms with van der Waals surface area (Å²) >= 11 is 2.78. The summed E-state index contributed by atoms with van der Waals surface area (Å²) in [6.07, 6.45) is -1.68. The van der Waals surface area contributed by atoms with E-state index in [1.807, 2.05) is 84.2 Å². The minimum atomic E-state index is -1.17. The van der Waals surface area contributed by atoms with E-state index in [4.69, 9.17) is 4.74 Å². The number of nitrogens with zero attached hydrogens (tertiary/aromatic N) is 1. The molecule has 7 nitrogen and oxygen atoms in total. The third kappa shape index (κ3) is 5.63. The van der Waals surface area contributed by atoms with E-state index >= 15 is 0 Å². The number of thiophene rings is 1. The maximum Gasteiger partial charge on any atom is 0.334 e. The monoisotopic (exact) mass is 596 g/mol. The molecule has 0 bridgehead atoms. The predicted molar refractivity (Wildman–Crippen MR) is 162 cm³/mol. The van der Waals surface area contributed by atoms with Crippen LogP contribution in [0.2, 0.25) is 0 Å². The largest absolute Gasteiger partial charge is 0.451 e. The lowest BCUT2D eigenvalue weighted by Gasteiger charge is -2.52. The lowest BCUT2D eigenvalue weighted by atomic mass is 9.91. The average molecular weight is 597 g/mol. The summed E-state index contributed by atoms with van der Waals surface area (Å²) in [5, 5.41) is 17.4.